The predicted molar refractivity (Wildman–Crippen MR) is 51.7 cm³/mol. The van der Waals surface area contributed by atoms with Crippen LogP contribution in [0.2, 0.25) is 0 Å². The Morgan fingerprint density at radius 2 is 2.08 bits per heavy atom. The van der Waals surface area contributed by atoms with Crippen molar-refractivity contribution in [1.82, 2.24) is 5.32 Å². The number of hydrogen-bond acceptors (Lipinski definition) is 3. The summed E-state index contributed by atoms with van der Waals surface area (Å²) in [6, 6.07) is 9.62. The number of hydrogen-bond donors (Lipinski definition) is 2. The van der Waals surface area contributed by atoms with Gasteiger partial charge in [-0.25, -0.2) is 0 Å². The third-order valence-corrected chi connectivity index (χ3v) is 2.24. The van der Waals surface area contributed by atoms with Crippen LogP contribution in [0.1, 0.15) is 5.56 Å². The van der Waals surface area contributed by atoms with E-state index in [1.54, 1.807) is 6.34 Å². The lowest BCUT2D eigenvalue weighted by Crippen LogP contribution is -2.43. The van der Waals surface area contributed by atoms with Gasteiger partial charge in [0.2, 0.25) is 0 Å². The molecule has 1 atom stereocenters. The Balaban J connectivity index is 2.29. The van der Waals surface area contributed by atoms with Crippen LogP contribution < -0.4 is 5.32 Å². The fourth-order valence-corrected chi connectivity index (χ4v) is 1.47. The van der Waals surface area contributed by atoms with Crippen molar-refractivity contribution in [2.45, 2.75) is 5.60 Å². The van der Waals surface area contributed by atoms with Gasteiger partial charge in [-0.3, -0.25) is 4.99 Å². The molecule has 0 fully saturated rings. The third-order valence-electron chi connectivity index (χ3n) is 2.24. The first-order valence-corrected chi connectivity index (χ1v) is 4.31. The van der Waals surface area contributed by atoms with E-state index in [9.17, 15) is 5.11 Å². The van der Waals surface area contributed by atoms with E-state index in [1.165, 1.54) is 0 Å². The van der Waals surface area contributed by atoms with Gasteiger partial charge in [0.05, 0.1) is 19.4 Å². The second kappa shape index (κ2) is 3.18. The van der Waals surface area contributed by atoms with Crippen molar-refractivity contribution >= 4 is 6.34 Å². The number of aliphatic imine (C=N–C) groups is 1. The minimum absolute atomic E-state index is 0.435. The molecule has 0 amide bonds. The summed E-state index contributed by atoms with van der Waals surface area (Å²) in [7, 11) is 0. The Hall–Kier alpha value is -1.35. The summed E-state index contributed by atoms with van der Waals surface area (Å²) in [5.74, 6) is 0. The Morgan fingerprint density at radius 1 is 1.31 bits per heavy atom. The second-order valence-corrected chi connectivity index (χ2v) is 3.25. The lowest BCUT2D eigenvalue weighted by molar-refractivity contribution is 0.0476. The van der Waals surface area contributed by atoms with Gasteiger partial charge in [0.1, 0.15) is 5.60 Å². The molecule has 1 aliphatic heterocycles. The largest absolute Gasteiger partial charge is 0.381 e. The monoisotopic (exact) mass is 176 g/mol. The SMILES string of the molecule is OC1(c2ccccc2)CN=CNC1. The molecule has 1 aliphatic rings. The van der Waals surface area contributed by atoms with Crippen LogP contribution in [0.15, 0.2) is 35.3 Å². The molecule has 0 radical (unpaired) electrons. The first-order valence-electron chi connectivity index (χ1n) is 4.31. The van der Waals surface area contributed by atoms with Gasteiger partial charge in [0, 0.05) is 0 Å². The van der Waals surface area contributed by atoms with E-state index in [4.69, 9.17) is 0 Å². The van der Waals surface area contributed by atoms with Crippen molar-refractivity contribution in [2.24, 2.45) is 4.99 Å². The minimum atomic E-state index is -0.837. The van der Waals surface area contributed by atoms with Gasteiger partial charge in [0.15, 0.2) is 0 Å². The molecule has 3 nitrogen and oxygen atoms in total. The molecule has 2 N–H and O–H groups in total. The predicted octanol–water partition coefficient (Wildman–Crippen LogP) is 0.506. The highest BCUT2D eigenvalue weighted by Crippen LogP contribution is 2.21. The van der Waals surface area contributed by atoms with E-state index in [1.807, 2.05) is 30.3 Å². The van der Waals surface area contributed by atoms with E-state index in [0.29, 0.717) is 13.1 Å². The van der Waals surface area contributed by atoms with E-state index >= 15 is 0 Å². The van der Waals surface area contributed by atoms with E-state index in [2.05, 4.69) is 10.3 Å². The standard InChI is InChI=1S/C10H12N2O/c13-10(6-11-8-12-7-10)9-4-2-1-3-5-9/h1-5,8,13H,6-7H2,(H,11,12). The van der Waals surface area contributed by atoms with Crippen molar-refractivity contribution in [3.05, 3.63) is 35.9 Å². The minimum Gasteiger partial charge on any atom is -0.381 e. The molecule has 0 aromatic heterocycles. The van der Waals surface area contributed by atoms with Crippen LogP contribution in [0.5, 0.6) is 0 Å². The Bertz CT molecular complexity index is 310. The zero-order chi connectivity index (χ0) is 9.15. The van der Waals surface area contributed by atoms with Crippen molar-refractivity contribution < 1.29 is 5.11 Å². The summed E-state index contributed by atoms with van der Waals surface area (Å²) in [4.78, 5) is 4.02. The van der Waals surface area contributed by atoms with Gasteiger partial charge in [-0.2, -0.15) is 0 Å². The number of benzene rings is 1. The Labute approximate surface area is 77.1 Å². The fraction of sp³-hybridized carbons (Fsp3) is 0.300. The average molecular weight is 176 g/mol. The van der Waals surface area contributed by atoms with Gasteiger partial charge in [-0.1, -0.05) is 30.3 Å². The molecule has 2 rings (SSSR count). The molecule has 0 bridgehead atoms. The fourth-order valence-electron chi connectivity index (χ4n) is 1.47. The summed E-state index contributed by atoms with van der Waals surface area (Å²) < 4.78 is 0. The van der Waals surface area contributed by atoms with Crippen LogP contribution >= 0.6 is 0 Å². The highest BCUT2D eigenvalue weighted by molar-refractivity contribution is 5.56. The van der Waals surface area contributed by atoms with Gasteiger partial charge in [-0.05, 0) is 5.56 Å². The molecule has 0 saturated heterocycles. The van der Waals surface area contributed by atoms with Gasteiger partial charge in [0.25, 0.3) is 0 Å². The molecule has 1 heterocycles. The van der Waals surface area contributed by atoms with E-state index in [0.717, 1.165) is 5.56 Å². The molecule has 0 saturated carbocycles. The van der Waals surface area contributed by atoms with Gasteiger partial charge >= 0.3 is 0 Å². The van der Waals surface area contributed by atoms with Crippen molar-refractivity contribution in [3.8, 4) is 0 Å². The van der Waals surface area contributed by atoms with Crippen molar-refractivity contribution in [2.75, 3.05) is 13.1 Å². The smallest absolute Gasteiger partial charge is 0.126 e. The molecule has 1 aromatic carbocycles. The number of aliphatic hydroxyl groups is 1. The maximum Gasteiger partial charge on any atom is 0.126 e. The Morgan fingerprint density at radius 3 is 2.69 bits per heavy atom. The van der Waals surface area contributed by atoms with Gasteiger partial charge in [-0.15, -0.1) is 0 Å². The van der Waals surface area contributed by atoms with Crippen LogP contribution in [0.3, 0.4) is 0 Å². The topological polar surface area (TPSA) is 44.6 Å². The summed E-state index contributed by atoms with van der Waals surface area (Å²) in [5, 5.41) is 13.1. The van der Waals surface area contributed by atoms with Gasteiger partial charge < -0.3 is 10.4 Å². The van der Waals surface area contributed by atoms with Crippen LogP contribution in [-0.2, 0) is 5.60 Å². The average Bonchev–Trinajstić information content (AvgIpc) is 2.20. The third kappa shape index (κ3) is 1.55. The Kier molecular flexibility index (Phi) is 2.02. The molecule has 13 heavy (non-hydrogen) atoms. The number of nitrogens with zero attached hydrogens (tertiary/aromatic N) is 1. The molecular weight excluding hydrogens is 164 g/mol. The molecule has 0 aliphatic carbocycles. The lowest BCUT2D eigenvalue weighted by Gasteiger charge is -2.29. The van der Waals surface area contributed by atoms with Crippen LogP contribution in [0.4, 0.5) is 0 Å². The zero-order valence-corrected chi connectivity index (χ0v) is 7.27. The molecule has 1 unspecified atom stereocenters. The van der Waals surface area contributed by atoms with Crippen LogP contribution in [-0.4, -0.2) is 24.5 Å². The number of β-amino-alcohol motifs (C(OH)–C–C–N with tert-alkyl or cyclic N) is 1. The number of nitrogens with one attached hydrogen (secondary N) is 1. The van der Waals surface area contributed by atoms with Crippen LogP contribution in [0.25, 0.3) is 0 Å². The van der Waals surface area contributed by atoms with Crippen molar-refractivity contribution in [1.29, 1.82) is 0 Å². The maximum atomic E-state index is 10.2. The first-order chi connectivity index (χ1) is 6.31. The lowest BCUT2D eigenvalue weighted by atomic mass is 9.93. The zero-order valence-electron chi connectivity index (χ0n) is 7.27. The normalized spacial score (nSPS) is 26.8. The van der Waals surface area contributed by atoms with Crippen molar-refractivity contribution in [3.63, 3.8) is 0 Å². The molecule has 0 spiro atoms. The molecule has 1 aromatic rings. The molecule has 3 heteroatoms. The maximum absolute atomic E-state index is 10.2. The quantitative estimate of drug-likeness (QED) is 0.654. The summed E-state index contributed by atoms with van der Waals surface area (Å²) >= 11 is 0. The summed E-state index contributed by atoms with van der Waals surface area (Å²) in [5.41, 5.74) is 0.0788. The molecule has 68 valence electrons. The van der Waals surface area contributed by atoms with E-state index < -0.39 is 5.60 Å². The van der Waals surface area contributed by atoms with E-state index in [-0.39, 0.29) is 0 Å². The highest BCUT2D eigenvalue weighted by Gasteiger charge is 2.29. The molecular formula is C10H12N2O. The number of rotatable bonds is 1. The first kappa shape index (κ1) is 8.26. The highest BCUT2D eigenvalue weighted by atomic mass is 16.3. The van der Waals surface area contributed by atoms with Crippen LogP contribution in [0, 0.1) is 0 Å². The summed E-state index contributed by atoms with van der Waals surface area (Å²) in [6.07, 6.45) is 1.64. The summed E-state index contributed by atoms with van der Waals surface area (Å²) in [6.45, 7) is 0.963. The second-order valence-electron chi connectivity index (χ2n) is 3.25.